The van der Waals surface area contributed by atoms with Crippen LogP contribution in [0.5, 0.6) is 0 Å². The van der Waals surface area contributed by atoms with Crippen molar-refractivity contribution in [2.45, 2.75) is 24.1 Å². The normalized spacial score (nSPS) is 16.5. The van der Waals surface area contributed by atoms with Gasteiger partial charge in [-0.1, -0.05) is 0 Å². The van der Waals surface area contributed by atoms with Gasteiger partial charge in [-0.05, 0) is 0 Å². The van der Waals surface area contributed by atoms with Gasteiger partial charge in [0.1, 0.15) is 0 Å². The van der Waals surface area contributed by atoms with Crippen molar-refractivity contribution >= 4 is 15.0 Å². The molecule has 1 aliphatic heterocycles. The first-order valence-electron chi connectivity index (χ1n) is 6.74. The van der Waals surface area contributed by atoms with Crippen LogP contribution in [-0.4, -0.2) is 38.1 Å². The predicted octanol–water partition coefficient (Wildman–Crippen LogP) is 3.15. The van der Waals surface area contributed by atoms with Crippen molar-refractivity contribution < 1.29 is 8.91 Å². The summed E-state index contributed by atoms with van der Waals surface area (Å²) >= 11 is 0.822. The van der Waals surface area contributed by atoms with Crippen molar-refractivity contribution in [3.8, 4) is 11.3 Å². The zero-order chi connectivity index (χ0) is 13.9. The Hall–Kier alpha value is -1.16. The number of rotatable bonds is 3. The number of halogens is 1. The third-order valence-electron chi connectivity index (χ3n) is 3.51. The van der Waals surface area contributed by atoms with Crippen molar-refractivity contribution in [3.63, 3.8) is 0 Å². The Morgan fingerprint density at radius 2 is 2.10 bits per heavy atom. The second-order valence-electron chi connectivity index (χ2n) is 5.03. The van der Waals surface area contributed by atoms with E-state index >= 15 is 0 Å². The maximum atomic E-state index is 13.6. The molecule has 3 rings (SSSR count). The molecule has 0 bridgehead atoms. The van der Waals surface area contributed by atoms with Crippen molar-refractivity contribution in [3.05, 3.63) is 41.4 Å². The van der Waals surface area contributed by atoms with Gasteiger partial charge in [-0.3, -0.25) is 0 Å². The monoisotopic (exact) mass is 340 g/mol. The fourth-order valence-corrected chi connectivity index (χ4v) is 4.31. The summed E-state index contributed by atoms with van der Waals surface area (Å²) in [7, 11) is 0. The number of aryl methyl sites for hydroxylation is 1. The van der Waals surface area contributed by atoms with Crippen LogP contribution >= 0.6 is 0 Å². The third kappa shape index (κ3) is 3.11. The molecule has 0 atom stereocenters. The first kappa shape index (κ1) is 13.8. The molecule has 0 spiro atoms. The van der Waals surface area contributed by atoms with Gasteiger partial charge in [0.05, 0.1) is 0 Å². The molecule has 0 saturated carbocycles. The van der Waals surface area contributed by atoms with Gasteiger partial charge in [0.15, 0.2) is 0 Å². The SMILES string of the molecule is Cc1ccc(-c2cc(CN3CC[Se]CC3)on2)cc1F. The average Bonchev–Trinajstić information content (AvgIpc) is 2.91. The van der Waals surface area contributed by atoms with Crippen LogP contribution in [0.1, 0.15) is 11.3 Å². The van der Waals surface area contributed by atoms with Gasteiger partial charge in [0, 0.05) is 0 Å². The summed E-state index contributed by atoms with van der Waals surface area (Å²) in [6, 6.07) is 7.08. The van der Waals surface area contributed by atoms with Gasteiger partial charge in [-0.2, -0.15) is 0 Å². The summed E-state index contributed by atoms with van der Waals surface area (Å²) in [5, 5.41) is 6.69. The average molecular weight is 339 g/mol. The fourth-order valence-electron chi connectivity index (χ4n) is 2.26. The summed E-state index contributed by atoms with van der Waals surface area (Å²) in [4.78, 5) is 2.39. The molecule has 2 aromatic rings. The van der Waals surface area contributed by atoms with Crippen LogP contribution in [0.25, 0.3) is 11.3 Å². The Labute approximate surface area is 124 Å². The van der Waals surface area contributed by atoms with E-state index in [4.69, 9.17) is 4.52 Å². The van der Waals surface area contributed by atoms with Crippen LogP contribution in [0.3, 0.4) is 0 Å². The Balaban J connectivity index is 1.73. The van der Waals surface area contributed by atoms with Crippen LogP contribution in [0, 0.1) is 12.7 Å². The van der Waals surface area contributed by atoms with Crippen LogP contribution in [-0.2, 0) is 6.54 Å². The number of hydrogen-bond acceptors (Lipinski definition) is 3. The number of aromatic nitrogens is 1. The minimum atomic E-state index is -0.203. The molecular formula is C15H17FN2OSe. The van der Waals surface area contributed by atoms with Gasteiger partial charge < -0.3 is 0 Å². The standard InChI is InChI=1S/C15H17FN2OSe/c1-11-2-3-12(8-14(11)16)15-9-13(19-17-15)10-18-4-6-20-7-5-18/h2-3,8-9H,4-7,10H2,1H3. The maximum absolute atomic E-state index is 13.6. The molecule has 0 radical (unpaired) electrons. The summed E-state index contributed by atoms with van der Waals surface area (Å²) in [5.74, 6) is 0.653. The third-order valence-corrected chi connectivity index (χ3v) is 5.49. The minimum absolute atomic E-state index is 0.203. The molecule has 20 heavy (non-hydrogen) atoms. The molecule has 0 amide bonds. The van der Waals surface area contributed by atoms with Crippen LogP contribution in [0.2, 0.25) is 10.6 Å². The first-order chi connectivity index (χ1) is 9.72. The van der Waals surface area contributed by atoms with Crippen LogP contribution in [0.4, 0.5) is 4.39 Å². The first-order valence-corrected chi connectivity index (χ1v) is 9.17. The Morgan fingerprint density at radius 3 is 2.85 bits per heavy atom. The van der Waals surface area contributed by atoms with E-state index in [9.17, 15) is 4.39 Å². The molecule has 2 heterocycles. The molecule has 106 valence electrons. The summed E-state index contributed by atoms with van der Waals surface area (Å²) in [5.41, 5.74) is 2.12. The van der Waals surface area contributed by atoms with Crippen molar-refractivity contribution in [2.75, 3.05) is 13.1 Å². The van der Waals surface area contributed by atoms with Gasteiger partial charge in [0.25, 0.3) is 0 Å². The van der Waals surface area contributed by atoms with E-state index in [1.807, 2.05) is 12.1 Å². The van der Waals surface area contributed by atoms with Gasteiger partial charge >= 0.3 is 124 Å². The van der Waals surface area contributed by atoms with E-state index in [1.54, 1.807) is 13.0 Å². The van der Waals surface area contributed by atoms with Crippen molar-refractivity contribution in [1.82, 2.24) is 10.1 Å². The second-order valence-corrected chi connectivity index (χ2v) is 7.60. The molecule has 1 aliphatic rings. The fraction of sp³-hybridized carbons (Fsp3) is 0.400. The molecule has 0 unspecified atom stereocenters. The quantitative estimate of drug-likeness (QED) is 0.805. The van der Waals surface area contributed by atoms with E-state index in [0.29, 0.717) is 11.3 Å². The Bertz CT molecular complexity index is 593. The summed E-state index contributed by atoms with van der Waals surface area (Å²) in [6.07, 6.45) is 0. The molecule has 1 fully saturated rings. The zero-order valence-corrected chi connectivity index (χ0v) is 13.1. The molecule has 0 aliphatic carbocycles. The topological polar surface area (TPSA) is 29.3 Å². The Kier molecular flexibility index (Phi) is 4.20. The van der Waals surface area contributed by atoms with E-state index in [2.05, 4.69) is 10.1 Å². The Morgan fingerprint density at radius 1 is 1.30 bits per heavy atom. The molecule has 1 saturated heterocycles. The molecular weight excluding hydrogens is 322 g/mol. The summed E-state index contributed by atoms with van der Waals surface area (Å²) in [6.45, 7) is 4.85. The van der Waals surface area contributed by atoms with Crippen LogP contribution < -0.4 is 0 Å². The summed E-state index contributed by atoms with van der Waals surface area (Å²) < 4.78 is 19.0. The molecule has 1 aromatic heterocycles. The van der Waals surface area contributed by atoms with Gasteiger partial charge in [0.2, 0.25) is 0 Å². The van der Waals surface area contributed by atoms with Crippen molar-refractivity contribution in [1.29, 1.82) is 0 Å². The molecule has 1 aromatic carbocycles. The second kappa shape index (κ2) is 6.08. The van der Waals surface area contributed by atoms with Crippen molar-refractivity contribution in [2.24, 2.45) is 0 Å². The van der Waals surface area contributed by atoms with E-state index in [0.717, 1.165) is 45.9 Å². The van der Waals surface area contributed by atoms with E-state index in [-0.39, 0.29) is 5.82 Å². The van der Waals surface area contributed by atoms with Gasteiger partial charge in [-0.15, -0.1) is 0 Å². The number of nitrogens with zero attached hydrogens (tertiary/aromatic N) is 2. The number of benzene rings is 1. The van der Waals surface area contributed by atoms with Gasteiger partial charge in [-0.25, -0.2) is 0 Å². The molecule has 5 heteroatoms. The van der Waals surface area contributed by atoms with Crippen LogP contribution in [0.15, 0.2) is 28.8 Å². The van der Waals surface area contributed by atoms with E-state index in [1.165, 1.54) is 16.7 Å². The number of hydrogen-bond donors (Lipinski definition) is 0. The van der Waals surface area contributed by atoms with E-state index < -0.39 is 0 Å². The predicted molar refractivity (Wildman–Crippen MR) is 77.3 cm³/mol. The molecule has 0 N–H and O–H groups in total. The molecule has 3 nitrogen and oxygen atoms in total. The zero-order valence-electron chi connectivity index (χ0n) is 11.4.